The lowest BCUT2D eigenvalue weighted by Crippen LogP contribution is -2.68. The number of benzene rings is 1. The molecule has 2 bridgehead atoms. The first-order chi connectivity index (χ1) is 19.8. The van der Waals surface area contributed by atoms with Gasteiger partial charge in [0.1, 0.15) is 11.7 Å². The normalized spacial score (nSPS) is 41.1. The summed E-state index contributed by atoms with van der Waals surface area (Å²) >= 11 is 0. The fourth-order valence-corrected chi connectivity index (χ4v) is 9.14. The Labute approximate surface area is 247 Å². The van der Waals surface area contributed by atoms with Crippen LogP contribution in [0, 0.1) is 34.5 Å². The zero-order valence-electron chi connectivity index (χ0n) is 25.3. The molecule has 7 rings (SSSR count). The first kappa shape index (κ1) is 28.0. The van der Waals surface area contributed by atoms with E-state index in [1.54, 1.807) is 10.9 Å². The number of aliphatic hydroxyl groups is 2. The zero-order chi connectivity index (χ0) is 29.8. The summed E-state index contributed by atoms with van der Waals surface area (Å²) in [6.45, 7) is 12.6. The van der Waals surface area contributed by atoms with Crippen LogP contribution < -0.4 is 0 Å². The first-order valence-corrected chi connectivity index (χ1v) is 15.2. The van der Waals surface area contributed by atoms with Crippen LogP contribution in [0.15, 0.2) is 66.2 Å². The molecular weight excluding hydrogens is 532 g/mol. The van der Waals surface area contributed by atoms with E-state index in [0.717, 1.165) is 17.7 Å². The number of esters is 1. The van der Waals surface area contributed by atoms with E-state index >= 15 is 0 Å². The van der Waals surface area contributed by atoms with Gasteiger partial charge in [-0.2, -0.15) is 0 Å². The molecule has 1 spiro atoms. The fraction of sp³-hybridized carbons (Fsp3) is 0.588. The van der Waals surface area contributed by atoms with Crippen LogP contribution in [0.3, 0.4) is 0 Å². The third kappa shape index (κ3) is 3.81. The third-order valence-electron chi connectivity index (χ3n) is 11.1. The van der Waals surface area contributed by atoms with Crippen LogP contribution in [-0.4, -0.2) is 62.0 Å². The van der Waals surface area contributed by atoms with Gasteiger partial charge in [-0.1, -0.05) is 51.1 Å². The molecule has 8 heteroatoms. The number of ether oxygens (including phenoxy) is 3. The van der Waals surface area contributed by atoms with Gasteiger partial charge < -0.3 is 24.4 Å². The molecule has 2 heterocycles. The van der Waals surface area contributed by atoms with Crippen molar-refractivity contribution in [3.8, 4) is 5.69 Å². The standard InChI is InChI=1S/C34H42N2O6/c1-19-12-24-26(31(24,3)4)23-13-21-17-40-32(5,6)42-29(21)34(39)28(20(2)15-33(34,14-19)27(23)37)41-30(38)25-16-35-18-36(25)22-10-8-7-9-11-22/h7-11,13,15-16,18-19,23-24,26-29,37,39H,12,14,17H2,1-6H3. The van der Waals surface area contributed by atoms with Gasteiger partial charge in [-0.3, -0.25) is 4.57 Å². The van der Waals surface area contributed by atoms with Crippen LogP contribution in [0.25, 0.3) is 5.69 Å². The Bertz CT molecular complexity index is 1480. The summed E-state index contributed by atoms with van der Waals surface area (Å²) in [6.07, 6.45) is 5.98. The molecule has 0 radical (unpaired) electrons. The zero-order valence-corrected chi connectivity index (χ0v) is 25.3. The highest BCUT2D eigenvalue weighted by Gasteiger charge is 2.74. The lowest BCUT2D eigenvalue weighted by Gasteiger charge is -2.54. The largest absolute Gasteiger partial charge is 0.450 e. The quantitative estimate of drug-likeness (QED) is 0.399. The number of aromatic nitrogens is 2. The van der Waals surface area contributed by atoms with Gasteiger partial charge in [-0.25, -0.2) is 9.78 Å². The maximum Gasteiger partial charge on any atom is 0.357 e. The highest BCUT2D eigenvalue weighted by molar-refractivity contribution is 5.88. The SMILES string of the molecule is CC1=CC23CC(C)CC4C(C(C=C5COC(C)(C)OC5C2(O)C1OC(=O)c1cncn1-c1ccccc1)C3O)C4(C)C. The van der Waals surface area contributed by atoms with Crippen molar-refractivity contribution in [2.45, 2.75) is 84.1 Å². The molecular formula is C34H42N2O6. The number of imidazole rings is 1. The molecule has 9 unspecified atom stereocenters. The summed E-state index contributed by atoms with van der Waals surface area (Å²) in [5.74, 6) is -0.768. The molecule has 0 amide bonds. The van der Waals surface area contributed by atoms with E-state index in [2.05, 4.69) is 31.8 Å². The molecule has 2 N–H and O–H groups in total. The van der Waals surface area contributed by atoms with Gasteiger partial charge in [0.25, 0.3) is 0 Å². The lowest BCUT2D eigenvalue weighted by molar-refractivity contribution is -0.309. The molecule has 1 aliphatic heterocycles. The van der Waals surface area contributed by atoms with E-state index in [1.165, 1.54) is 6.20 Å². The van der Waals surface area contributed by atoms with E-state index in [9.17, 15) is 15.0 Å². The van der Waals surface area contributed by atoms with E-state index in [0.29, 0.717) is 17.9 Å². The number of para-hydroxylation sites is 1. The Morgan fingerprint density at radius 1 is 1.17 bits per heavy atom. The predicted octanol–water partition coefficient (Wildman–Crippen LogP) is 4.85. The van der Waals surface area contributed by atoms with Crippen LogP contribution in [0.5, 0.6) is 0 Å². The van der Waals surface area contributed by atoms with Crippen molar-refractivity contribution in [2.24, 2.45) is 34.5 Å². The van der Waals surface area contributed by atoms with Crippen LogP contribution in [0.2, 0.25) is 0 Å². The number of aliphatic hydroxyl groups excluding tert-OH is 1. The number of rotatable bonds is 3. The molecule has 9 atom stereocenters. The van der Waals surface area contributed by atoms with Crippen molar-refractivity contribution >= 4 is 5.97 Å². The highest BCUT2D eigenvalue weighted by Crippen LogP contribution is 2.71. The van der Waals surface area contributed by atoms with Crippen LogP contribution in [-0.2, 0) is 14.2 Å². The minimum atomic E-state index is -1.76. The maximum absolute atomic E-state index is 13.9. The first-order valence-electron chi connectivity index (χ1n) is 15.2. The second-order valence-corrected chi connectivity index (χ2v) is 14.5. The second-order valence-electron chi connectivity index (χ2n) is 14.5. The van der Waals surface area contributed by atoms with Crippen molar-refractivity contribution in [2.75, 3.05) is 6.61 Å². The van der Waals surface area contributed by atoms with Crippen LogP contribution in [0.4, 0.5) is 0 Å². The highest BCUT2D eigenvalue weighted by atomic mass is 16.7. The number of carbonyl (C=O) groups excluding carboxylic acids is 1. The number of fused-ring (bicyclic) bond motifs is 5. The Kier molecular flexibility index (Phi) is 6.08. The number of hydrogen-bond acceptors (Lipinski definition) is 7. The molecule has 2 saturated carbocycles. The topological polar surface area (TPSA) is 103 Å². The van der Waals surface area contributed by atoms with Crippen molar-refractivity contribution in [1.29, 1.82) is 0 Å². The van der Waals surface area contributed by atoms with E-state index < -0.39 is 41.1 Å². The van der Waals surface area contributed by atoms with E-state index in [-0.39, 0.29) is 35.5 Å². The summed E-state index contributed by atoms with van der Waals surface area (Å²) in [5.41, 5.74) is -0.228. The summed E-state index contributed by atoms with van der Waals surface area (Å²) in [5, 5.41) is 25.8. The molecule has 42 heavy (non-hydrogen) atoms. The van der Waals surface area contributed by atoms with Crippen molar-refractivity contribution in [1.82, 2.24) is 9.55 Å². The summed E-state index contributed by atoms with van der Waals surface area (Å²) < 4.78 is 20.7. The Hall–Kier alpha value is -2.78. The fourth-order valence-electron chi connectivity index (χ4n) is 9.14. The van der Waals surface area contributed by atoms with Gasteiger partial charge >= 0.3 is 5.97 Å². The van der Waals surface area contributed by atoms with Gasteiger partial charge in [0, 0.05) is 11.6 Å². The number of nitrogens with zero attached hydrogens (tertiary/aromatic N) is 2. The van der Waals surface area contributed by atoms with Crippen molar-refractivity contribution < 1.29 is 29.2 Å². The molecule has 8 nitrogen and oxygen atoms in total. The summed E-state index contributed by atoms with van der Waals surface area (Å²) in [4.78, 5) is 18.1. The van der Waals surface area contributed by atoms with Gasteiger partial charge in [0.2, 0.25) is 0 Å². The molecule has 1 aromatic heterocycles. The Morgan fingerprint density at radius 3 is 2.64 bits per heavy atom. The average Bonchev–Trinajstić information content (AvgIpc) is 3.23. The van der Waals surface area contributed by atoms with Crippen molar-refractivity contribution in [3.63, 3.8) is 0 Å². The summed E-state index contributed by atoms with van der Waals surface area (Å²) in [7, 11) is 0. The smallest absolute Gasteiger partial charge is 0.357 e. The van der Waals surface area contributed by atoms with Crippen LogP contribution in [0.1, 0.15) is 64.9 Å². The number of carbonyl (C=O) groups is 1. The molecule has 1 aromatic carbocycles. The Morgan fingerprint density at radius 2 is 1.90 bits per heavy atom. The minimum Gasteiger partial charge on any atom is -0.450 e. The van der Waals surface area contributed by atoms with Crippen molar-refractivity contribution in [3.05, 3.63) is 71.8 Å². The Balaban J connectivity index is 1.35. The lowest BCUT2D eigenvalue weighted by atomic mass is 9.59. The van der Waals surface area contributed by atoms with Gasteiger partial charge in [0.05, 0.1) is 30.7 Å². The molecule has 4 aliphatic carbocycles. The summed E-state index contributed by atoms with van der Waals surface area (Å²) in [6, 6.07) is 9.47. The molecule has 224 valence electrons. The monoisotopic (exact) mass is 574 g/mol. The molecule has 5 aliphatic rings. The average molecular weight is 575 g/mol. The second kappa shape index (κ2) is 9.11. The minimum absolute atomic E-state index is 0.0785. The maximum atomic E-state index is 13.9. The van der Waals surface area contributed by atoms with Crippen LogP contribution >= 0.6 is 0 Å². The van der Waals surface area contributed by atoms with Gasteiger partial charge in [0.15, 0.2) is 17.6 Å². The molecule has 3 fully saturated rings. The van der Waals surface area contributed by atoms with E-state index in [4.69, 9.17) is 14.2 Å². The molecule has 2 aromatic rings. The number of hydrogen-bond donors (Lipinski definition) is 2. The van der Waals surface area contributed by atoms with Gasteiger partial charge in [-0.15, -0.1) is 0 Å². The molecule has 1 saturated heterocycles. The predicted molar refractivity (Wildman–Crippen MR) is 156 cm³/mol. The van der Waals surface area contributed by atoms with E-state index in [1.807, 2.05) is 57.2 Å². The third-order valence-corrected chi connectivity index (χ3v) is 11.1. The van der Waals surface area contributed by atoms with Gasteiger partial charge in [-0.05, 0) is 80.1 Å².